The average Bonchev–Trinajstić information content (AvgIpc) is 3.64. The number of ether oxygens (including phenoxy) is 2. The van der Waals surface area contributed by atoms with Crippen LogP contribution in [0.1, 0.15) is 37.5 Å². The molecule has 7 atom stereocenters. The molecule has 2 aromatic heterocycles. The van der Waals surface area contributed by atoms with Crippen molar-refractivity contribution >= 4 is 50.9 Å². The van der Waals surface area contributed by atoms with E-state index in [4.69, 9.17) is 17.8 Å². The molecule has 0 spiro atoms. The number of fused-ring (bicyclic) bond motifs is 2. The zero-order valence-corrected chi connectivity index (χ0v) is 21.8. The summed E-state index contributed by atoms with van der Waals surface area (Å²) < 4.78 is 38.2. The molecule has 2 aliphatic heterocycles. The van der Waals surface area contributed by atoms with Crippen molar-refractivity contribution in [1.82, 2.24) is 19.5 Å². The number of halogens is 1. The van der Waals surface area contributed by atoms with Crippen molar-refractivity contribution in [2.24, 2.45) is 0 Å². The molecule has 1 aliphatic carbocycles. The van der Waals surface area contributed by atoms with Crippen molar-refractivity contribution < 1.29 is 22.0 Å². The van der Waals surface area contributed by atoms with Gasteiger partial charge in [0.2, 0.25) is 0 Å². The van der Waals surface area contributed by atoms with Gasteiger partial charge in [-0.15, -0.1) is 0 Å². The molecule has 0 radical (unpaired) electrons. The quantitative estimate of drug-likeness (QED) is 0.303. The standard InChI is InChI=1S/C23H26IN5O5S/c24-10-9-17-19-20(34-35(30)33-19)23(32-17)29-13-27-18-21(25-12-26-22(18)29)28-15-7-4-8-16(15)31-11-14-5-2-1-3-6-14/h1-3,5-6,12-13,15-17,19-20,23H,4,7-11H2,(H,25,26,28)/t15?,16?,17-,19-,20-,23-,35?/m1/s1. The van der Waals surface area contributed by atoms with Gasteiger partial charge in [0.1, 0.15) is 12.4 Å². The van der Waals surface area contributed by atoms with E-state index in [9.17, 15) is 4.21 Å². The Bertz CT molecular complexity index is 1200. The van der Waals surface area contributed by atoms with Gasteiger partial charge in [-0.25, -0.2) is 15.0 Å². The van der Waals surface area contributed by atoms with Crippen LogP contribution in [-0.2, 0) is 35.8 Å². The molecule has 1 saturated carbocycles. The monoisotopic (exact) mass is 611 g/mol. The zero-order chi connectivity index (χ0) is 23.8. The van der Waals surface area contributed by atoms with Crippen LogP contribution >= 0.6 is 22.6 Å². The van der Waals surface area contributed by atoms with Crippen LogP contribution in [-0.4, -0.2) is 58.6 Å². The fourth-order valence-electron chi connectivity index (χ4n) is 5.08. The first-order valence-electron chi connectivity index (χ1n) is 11.8. The van der Waals surface area contributed by atoms with Gasteiger partial charge in [-0.05, 0) is 31.2 Å². The summed E-state index contributed by atoms with van der Waals surface area (Å²) >= 11 is 0.524. The van der Waals surface area contributed by atoms with E-state index in [0.717, 1.165) is 35.7 Å². The first-order chi connectivity index (χ1) is 17.2. The molecule has 0 amide bonds. The third-order valence-electron chi connectivity index (χ3n) is 6.77. The van der Waals surface area contributed by atoms with E-state index >= 15 is 0 Å². The molecule has 3 fully saturated rings. The van der Waals surface area contributed by atoms with Crippen LogP contribution in [0.2, 0.25) is 0 Å². The second kappa shape index (κ2) is 10.3. The van der Waals surface area contributed by atoms with Crippen LogP contribution in [0.4, 0.5) is 5.82 Å². The molecule has 186 valence electrons. The summed E-state index contributed by atoms with van der Waals surface area (Å²) in [6.45, 7) is 0.584. The molecule has 10 nitrogen and oxygen atoms in total. The minimum Gasteiger partial charge on any atom is -0.371 e. The van der Waals surface area contributed by atoms with Gasteiger partial charge in [-0.2, -0.15) is 4.21 Å². The third kappa shape index (κ3) is 4.71. The maximum Gasteiger partial charge on any atom is 0.305 e. The normalized spacial score (nSPS) is 32.3. The van der Waals surface area contributed by atoms with E-state index in [1.54, 1.807) is 6.33 Å². The lowest BCUT2D eigenvalue weighted by molar-refractivity contribution is -0.0336. The summed E-state index contributed by atoms with van der Waals surface area (Å²) in [5, 5.41) is 3.56. The van der Waals surface area contributed by atoms with Gasteiger partial charge < -0.3 is 14.8 Å². The Morgan fingerprint density at radius 1 is 1.14 bits per heavy atom. The second-order valence-corrected chi connectivity index (χ2v) is 10.8. The van der Waals surface area contributed by atoms with Gasteiger partial charge in [0, 0.05) is 4.43 Å². The fourth-order valence-corrected chi connectivity index (χ4v) is 6.54. The summed E-state index contributed by atoms with van der Waals surface area (Å²) in [7, 11) is 0. The van der Waals surface area contributed by atoms with E-state index in [0.29, 0.717) is 23.6 Å². The van der Waals surface area contributed by atoms with Gasteiger partial charge >= 0.3 is 11.4 Å². The molecule has 3 aromatic rings. The summed E-state index contributed by atoms with van der Waals surface area (Å²) in [5.74, 6) is 0.666. The summed E-state index contributed by atoms with van der Waals surface area (Å²) in [4.78, 5) is 13.6. The maximum atomic E-state index is 11.9. The Balaban J connectivity index is 1.21. The molecular weight excluding hydrogens is 585 g/mol. The molecule has 35 heavy (non-hydrogen) atoms. The minimum atomic E-state index is -1.78. The van der Waals surface area contributed by atoms with Gasteiger partial charge in [-0.3, -0.25) is 12.9 Å². The molecule has 12 heteroatoms. The number of alkyl halides is 1. The highest BCUT2D eigenvalue weighted by molar-refractivity contribution is 14.1. The Morgan fingerprint density at radius 3 is 2.86 bits per heavy atom. The van der Waals surface area contributed by atoms with Gasteiger partial charge in [-0.1, -0.05) is 52.9 Å². The molecule has 3 aliphatic rings. The minimum absolute atomic E-state index is 0.0919. The Hall–Kier alpha value is -1.71. The molecule has 0 bridgehead atoms. The van der Waals surface area contributed by atoms with Gasteiger partial charge in [0.05, 0.1) is 31.2 Å². The predicted octanol–water partition coefficient (Wildman–Crippen LogP) is 3.46. The number of hydrogen-bond acceptors (Lipinski definition) is 9. The number of aromatic nitrogens is 4. The number of nitrogens with one attached hydrogen (secondary N) is 1. The summed E-state index contributed by atoms with van der Waals surface area (Å²) in [6, 6.07) is 10.3. The largest absolute Gasteiger partial charge is 0.371 e. The SMILES string of the molecule is O=S1O[C@@H]2[C@H](O1)[C@@H](CCI)O[C@H]2n1cnc2c(NC3CCCC3OCc3ccccc3)ncnc21. The van der Waals surface area contributed by atoms with E-state index in [-0.39, 0.29) is 24.4 Å². The van der Waals surface area contributed by atoms with Gasteiger partial charge in [0.25, 0.3) is 0 Å². The van der Waals surface area contributed by atoms with E-state index in [2.05, 4.69) is 55.0 Å². The molecular formula is C23H26IN5O5S. The first kappa shape index (κ1) is 23.7. The van der Waals surface area contributed by atoms with Crippen LogP contribution in [0.5, 0.6) is 0 Å². The van der Waals surface area contributed by atoms with Crippen LogP contribution in [0, 0.1) is 0 Å². The Kier molecular flexibility index (Phi) is 7.00. The van der Waals surface area contributed by atoms with Crippen LogP contribution < -0.4 is 5.32 Å². The topological polar surface area (TPSA) is 110 Å². The summed E-state index contributed by atoms with van der Waals surface area (Å²) in [5.41, 5.74) is 2.44. The highest BCUT2D eigenvalue weighted by Crippen LogP contribution is 2.41. The first-order valence-corrected chi connectivity index (χ1v) is 14.3. The molecule has 2 saturated heterocycles. The van der Waals surface area contributed by atoms with E-state index in [1.807, 2.05) is 22.8 Å². The predicted molar refractivity (Wildman–Crippen MR) is 137 cm³/mol. The maximum absolute atomic E-state index is 11.9. The Morgan fingerprint density at radius 2 is 2.00 bits per heavy atom. The third-order valence-corrected chi connectivity index (χ3v) is 8.15. The highest BCUT2D eigenvalue weighted by Gasteiger charge is 2.53. The fraction of sp³-hybridized carbons (Fsp3) is 0.522. The van der Waals surface area contributed by atoms with Crippen molar-refractivity contribution in [2.45, 2.75) is 69.0 Å². The van der Waals surface area contributed by atoms with Crippen molar-refractivity contribution in [1.29, 1.82) is 0 Å². The van der Waals surface area contributed by atoms with Crippen molar-refractivity contribution in [3.05, 3.63) is 48.5 Å². The lowest BCUT2D eigenvalue weighted by Crippen LogP contribution is -2.31. The molecule has 1 N–H and O–H groups in total. The van der Waals surface area contributed by atoms with Crippen LogP contribution in [0.15, 0.2) is 43.0 Å². The van der Waals surface area contributed by atoms with E-state index < -0.39 is 23.7 Å². The van der Waals surface area contributed by atoms with Crippen molar-refractivity contribution in [3.63, 3.8) is 0 Å². The number of rotatable bonds is 8. The zero-order valence-electron chi connectivity index (χ0n) is 18.9. The average molecular weight is 611 g/mol. The number of imidazole rings is 1. The van der Waals surface area contributed by atoms with Crippen LogP contribution in [0.25, 0.3) is 11.2 Å². The van der Waals surface area contributed by atoms with Crippen LogP contribution in [0.3, 0.4) is 0 Å². The van der Waals surface area contributed by atoms with E-state index in [1.165, 1.54) is 6.33 Å². The summed E-state index contributed by atoms with van der Waals surface area (Å²) in [6.07, 6.45) is 5.56. The van der Waals surface area contributed by atoms with Crippen molar-refractivity contribution in [2.75, 3.05) is 9.74 Å². The molecule has 3 unspecified atom stereocenters. The molecule has 4 heterocycles. The lowest BCUT2D eigenvalue weighted by atomic mass is 10.1. The number of hydrogen-bond donors (Lipinski definition) is 1. The van der Waals surface area contributed by atoms with Crippen molar-refractivity contribution in [3.8, 4) is 0 Å². The molecule has 1 aromatic carbocycles. The second-order valence-electron chi connectivity index (χ2n) is 8.93. The number of benzene rings is 1. The van der Waals surface area contributed by atoms with Gasteiger partial charge in [0.15, 0.2) is 29.3 Å². The number of nitrogens with zero attached hydrogens (tertiary/aromatic N) is 4. The molecule has 6 rings (SSSR count). The Labute approximate surface area is 219 Å². The number of anilines is 1. The smallest absolute Gasteiger partial charge is 0.305 e. The highest BCUT2D eigenvalue weighted by atomic mass is 127. The lowest BCUT2D eigenvalue weighted by Gasteiger charge is -2.22.